The zero-order valence-electron chi connectivity index (χ0n) is 12.6. The van der Waals surface area contributed by atoms with Crippen molar-refractivity contribution in [1.82, 2.24) is 9.97 Å². The quantitative estimate of drug-likeness (QED) is 0.797. The van der Waals surface area contributed by atoms with E-state index in [0.29, 0.717) is 12.1 Å². The van der Waals surface area contributed by atoms with Crippen molar-refractivity contribution in [2.24, 2.45) is 0 Å². The van der Waals surface area contributed by atoms with Gasteiger partial charge in [0, 0.05) is 17.3 Å². The first-order valence-corrected chi connectivity index (χ1v) is 7.14. The molecule has 0 atom stereocenters. The lowest BCUT2D eigenvalue weighted by Crippen LogP contribution is -2.06. The van der Waals surface area contributed by atoms with E-state index in [1.54, 1.807) is 0 Å². The number of aromatic nitrogens is 2. The summed E-state index contributed by atoms with van der Waals surface area (Å²) in [6.07, 6.45) is 1.81. The van der Waals surface area contributed by atoms with Crippen LogP contribution in [0.1, 0.15) is 22.6 Å². The second kappa shape index (κ2) is 5.82. The van der Waals surface area contributed by atoms with E-state index in [9.17, 15) is 5.26 Å². The molecule has 4 heteroatoms. The van der Waals surface area contributed by atoms with Crippen LogP contribution in [0.3, 0.4) is 0 Å². The van der Waals surface area contributed by atoms with Gasteiger partial charge in [0.2, 0.25) is 0 Å². The number of pyridine rings is 2. The molecule has 0 saturated carbocycles. The first-order valence-electron chi connectivity index (χ1n) is 7.14. The highest BCUT2D eigenvalue weighted by Gasteiger charge is 2.09. The molecule has 22 heavy (non-hydrogen) atoms. The second-order valence-corrected chi connectivity index (χ2v) is 5.22. The van der Waals surface area contributed by atoms with Gasteiger partial charge in [-0.1, -0.05) is 24.3 Å². The summed E-state index contributed by atoms with van der Waals surface area (Å²) in [5.74, 6) is 0. The maximum Gasteiger partial charge on any atom is 0.103 e. The monoisotopic (exact) mass is 288 g/mol. The summed E-state index contributed by atoms with van der Waals surface area (Å²) in [4.78, 5) is 8.79. The smallest absolute Gasteiger partial charge is 0.103 e. The second-order valence-electron chi connectivity index (χ2n) is 5.22. The molecule has 1 aromatic carbocycles. The van der Waals surface area contributed by atoms with Crippen LogP contribution < -0.4 is 5.32 Å². The lowest BCUT2D eigenvalue weighted by molar-refractivity contribution is 1.05. The Hall–Kier alpha value is -2.93. The topological polar surface area (TPSA) is 61.6 Å². The predicted molar refractivity (Wildman–Crippen MR) is 87.5 cm³/mol. The highest BCUT2D eigenvalue weighted by molar-refractivity contribution is 5.84. The maximum atomic E-state index is 9.31. The molecule has 1 N–H and O–H groups in total. The summed E-state index contributed by atoms with van der Waals surface area (Å²) < 4.78 is 0. The third-order valence-corrected chi connectivity index (χ3v) is 3.64. The van der Waals surface area contributed by atoms with Crippen LogP contribution in [0.4, 0.5) is 5.69 Å². The Morgan fingerprint density at radius 3 is 2.82 bits per heavy atom. The lowest BCUT2D eigenvalue weighted by atomic mass is 10.1. The van der Waals surface area contributed by atoms with E-state index >= 15 is 0 Å². The highest BCUT2D eigenvalue weighted by Crippen LogP contribution is 2.21. The molecular weight excluding hydrogens is 272 g/mol. The van der Waals surface area contributed by atoms with Crippen molar-refractivity contribution in [3.8, 4) is 6.07 Å². The average Bonchev–Trinajstić information content (AvgIpc) is 2.52. The van der Waals surface area contributed by atoms with E-state index in [1.165, 1.54) is 0 Å². The third kappa shape index (κ3) is 2.61. The van der Waals surface area contributed by atoms with Gasteiger partial charge in [-0.3, -0.25) is 9.97 Å². The Bertz CT molecular complexity index is 873. The Balaban J connectivity index is 1.94. The standard InChI is InChI=1S/C18H16N4/c1-12-9-17(16(10-19)13(2)22-12)21-11-18-15-6-4-3-5-14(15)7-8-20-18/h3-9H,11H2,1-2H3,(H,21,22). The van der Waals surface area contributed by atoms with Crippen molar-refractivity contribution in [1.29, 1.82) is 5.26 Å². The Labute approximate surface area is 129 Å². The van der Waals surface area contributed by atoms with E-state index < -0.39 is 0 Å². The van der Waals surface area contributed by atoms with Crippen LogP contribution in [0.15, 0.2) is 42.6 Å². The number of benzene rings is 1. The number of anilines is 1. The number of fused-ring (bicyclic) bond motifs is 1. The summed E-state index contributed by atoms with van der Waals surface area (Å²) >= 11 is 0. The van der Waals surface area contributed by atoms with Crippen molar-refractivity contribution in [3.63, 3.8) is 0 Å². The molecule has 0 radical (unpaired) electrons. The Morgan fingerprint density at radius 1 is 1.18 bits per heavy atom. The molecule has 2 aromatic heterocycles. The number of nitrogens with one attached hydrogen (secondary N) is 1. The molecule has 0 spiro atoms. The Kier molecular flexibility index (Phi) is 3.71. The molecular formula is C18H16N4. The van der Waals surface area contributed by atoms with Crippen LogP contribution in [0.25, 0.3) is 10.8 Å². The van der Waals surface area contributed by atoms with Gasteiger partial charge in [-0.15, -0.1) is 0 Å². The summed E-state index contributed by atoms with van der Waals surface area (Å²) in [5.41, 5.74) is 4.00. The molecule has 0 bridgehead atoms. The molecule has 0 aliphatic heterocycles. The number of hydrogen-bond acceptors (Lipinski definition) is 4. The molecule has 0 aliphatic carbocycles. The summed E-state index contributed by atoms with van der Waals surface area (Å²) in [6, 6.07) is 14.3. The minimum absolute atomic E-state index is 0.568. The third-order valence-electron chi connectivity index (χ3n) is 3.64. The van der Waals surface area contributed by atoms with E-state index in [-0.39, 0.29) is 0 Å². The fraction of sp³-hybridized carbons (Fsp3) is 0.167. The number of rotatable bonds is 3. The molecule has 2 heterocycles. The fourth-order valence-electron chi connectivity index (χ4n) is 2.61. The van der Waals surface area contributed by atoms with Gasteiger partial charge >= 0.3 is 0 Å². The van der Waals surface area contributed by atoms with Crippen LogP contribution >= 0.6 is 0 Å². The summed E-state index contributed by atoms with van der Waals surface area (Å²) in [7, 11) is 0. The molecule has 3 rings (SSSR count). The average molecular weight is 288 g/mol. The minimum Gasteiger partial charge on any atom is -0.378 e. The van der Waals surface area contributed by atoms with E-state index in [1.807, 2.05) is 44.3 Å². The molecule has 108 valence electrons. The van der Waals surface area contributed by atoms with Gasteiger partial charge in [0.15, 0.2) is 0 Å². The van der Waals surface area contributed by atoms with Gasteiger partial charge < -0.3 is 5.32 Å². The van der Waals surface area contributed by atoms with Crippen LogP contribution in [-0.4, -0.2) is 9.97 Å². The van der Waals surface area contributed by atoms with Crippen LogP contribution in [0, 0.1) is 25.2 Å². The van der Waals surface area contributed by atoms with Gasteiger partial charge in [-0.05, 0) is 31.4 Å². The molecule has 3 aromatic rings. The summed E-state index contributed by atoms with van der Waals surface area (Å²) in [6.45, 7) is 4.35. The molecule has 0 amide bonds. The SMILES string of the molecule is Cc1cc(NCc2nccc3ccccc23)c(C#N)c(C)n1. The number of aryl methyl sites for hydroxylation is 2. The van der Waals surface area contributed by atoms with Gasteiger partial charge in [-0.25, -0.2) is 0 Å². The molecule has 0 unspecified atom stereocenters. The maximum absolute atomic E-state index is 9.31. The first-order chi connectivity index (χ1) is 10.7. The van der Waals surface area contributed by atoms with Crippen LogP contribution in [-0.2, 0) is 6.54 Å². The van der Waals surface area contributed by atoms with Crippen molar-refractivity contribution >= 4 is 16.5 Å². The normalized spacial score (nSPS) is 10.4. The largest absolute Gasteiger partial charge is 0.378 e. The van der Waals surface area contributed by atoms with Crippen LogP contribution in [0.5, 0.6) is 0 Å². The van der Waals surface area contributed by atoms with E-state index in [0.717, 1.165) is 33.5 Å². The molecule has 0 saturated heterocycles. The lowest BCUT2D eigenvalue weighted by Gasteiger charge is -2.11. The number of nitrogens with zero attached hydrogens (tertiary/aromatic N) is 3. The van der Waals surface area contributed by atoms with Crippen molar-refractivity contribution < 1.29 is 0 Å². The fourth-order valence-corrected chi connectivity index (χ4v) is 2.61. The first kappa shape index (κ1) is 14.0. The van der Waals surface area contributed by atoms with Crippen molar-refractivity contribution in [2.75, 3.05) is 5.32 Å². The molecule has 0 fully saturated rings. The van der Waals surface area contributed by atoms with Gasteiger partial charge in [0.25, 0.3) is 0 Å². The predicted octanol–water partition coefficient (Wildman–Crippen LogP) is 3.73. The van der Waals surface area contributed by atoms with Crippen molar-refractivity contribution in [2.45, 2.75) is 20.4 Å². The number of hydrogen-bond donors (Lipinski definition) is 1. The van der Waals surface area contributed by atoms with Crippen molar-refractivity contribution in [3.05, 3.63) is 65.2 Å². The number of nitriles is 1. The highest BCUT2D eigenvalue weighted by atomic mass is 14.9. The minimum atomic E-state index is 0.568. The van der Waals surface area contributed by atoms with Gasteiger partial charge in [0.1, 0.15) is 6.07 Å². The summed E-state index contributed by atoms with van der Waals surface area (Å²) in [5, 5.41) is 14.9. The van der Waals surface area contributed by atoms with Gasteiger partial charge in [0.05, 0.1) is 29.2 Å². The Morgan fingerprint density at radius 2 is 2.00 bits per heavy atom. The zero-order chi connectivity index (χ0) is 15.5. The zero-order valence-corrected chi connectivity index (χ0v) is 12.6. The van der Waals surface area contributed by atoms with Crippen LogP contribution in [0.2, 0.25) is 0 Å². The molecule has 4 nitrogen and oxygen atoms in total. The van der Waals surface area contributed by atoms with E-state index in [2.05, 4.69) is 33.5 Å². The molecule has 0 aliphatic rings. The van der Waals surface area contributed by atoms with E-state index in [4.69, 9.17) is 0 Å². The van der Waals surface area contributed by atoms with Gasteiger partial charge in [-0.2, -0.15) is 5.26 Å².